The number of carbonyl (C=O) groups is 1. The van der Waals surface area contributed by atoms with Gasteiger partial charge >= 0.3 is 6.03 Å². The molecule has 2 aromatic rings. The molecule has 0 unspecified atom stereocenters. The smallest absolute Gasteiger partial charge is 0.319 e. The highest BCUT2D eigenvalue weighted by Crippen LogP contribution is 2.16. The predicted molar refractivity (Wildman–Crippen MR) is 111 cm³/mol. The van der Waals surface area contributed by atoms with Crippen LogP contribution < -0.4 is 20.9 Å². The Morgan fingerprint density at radius 3 is 2.61 bits per heavy atom. The Hall–Kier alpha value is -2.87. The number of nitrogens with zero attached hydrogens (tertiary/aromatic N) is 3. The van der Waals surface area contributed by atoms with Gasteiger partial charge in [0.25, 0.3) is 0 Å². The summed E-state index contributed by atoms with van der Waals surface area (Å²) in [5.41, 5.74) is 2.92. The number of ether oxygens (including phenoxy) is 1. The fourth-order valence-electron chi connectivity index (χ4n) is 2.93. The zero-order valence-corrected chi connectivity index (χ0v) is 16.5. The monoisotopic (exact) mass is 384 g/mol. The molecule has 1 fully saturated rings. The van der Waals surface area contributed by atoms with E-state index in [9.17, 15) is 4.79 Å². The Balaban J connectivity index is 1.44. The van der Waals surface area contributed by atoms with E-state index in [0.717, 1.165) is 36.7 Å². The lowest BCUT2D eigenvalue weighted by Crippen LogP contribution is -2.37. The summed E-state index contributed by atoms with van der Waals surface area (Å²) < 4.78 is 5.39. The molecule has 1 aliphatic rings. The number of hydrogen-bond donors (Lipinski definition) is 3. The van der Waals surface area contributed by atoms with Crippen LogP contribution in [0.1, 0.15) is 18.2 Å². The molecule has 0 radical (unpaired) electrons. The highest BCUT2D eigenvalue weighted by Gasteiger charge is 2.14. The molecule has 3 N–H and O–H groups in total. The second-order valence-corrected chi connectivity index (χ2v) is 6.65. The molecule has 0 bridgehead atoms. The molecule has 0 atom stereocenters. The largest absolute Gasteiger partial charge is 0.378 e. The van der Waals surface area contributed by atoms with Crippen molar-refractivity contribution in [1.82, 2.24) is 15.3 Å². The van der Waals surface area contributed by atoms with Gasteiger partial charge in [0.15, 0.2) is 0 Å². The van der Waals surface area contributed by atoms with Crippen molar-refractivity contribution in [3.63, 3.8) is 0 Å². The van der Waals surface area contributed by atoms with Crippen molar-refractivity contribution < 1.29 is 9.53 Å². The van der Waals surface area contributed by atoms with Crippen LogP contribution in [0.2, 0.25) is 0 Å². The maximum Gasteiger partial charge on any atom is 0.319 e. The molecule has 1 aromatic carbocycles. The summed E-state index contributed by atoms with van der Waals surface area (Å²) in [5, 5.41) is 8.83. The van der Waals surface area contributed by atoms with E-state index in [-0.39, 0.29) is 6.03 Å². The van der Waals surface area contributed by atoms with Crippen molar-refractivity contribution >= 4 is 23.5 Å². The van der Waals surface area contributed by atoms with Crippen molar-refractivity contribution in [3.8, 4) is 0 Å². The van der Waals surface area contributed by atoms with Crippen LogP contribution in [0.5, 0.6) is 0 Å². The van der Waals surface area contributed by atoms with Gasteiger partial charge in [0.2, 0.25) is 5.95 Å². The molecule has 0 aliphatic carbocycles. The second-order valence-electron chi connectivity index (χ2n) is 6.65. The number of aromatic nitrogens is 2. The van der Waals surface area contributed by atoms with Crippen molar-refractivity contribution in [2.45, 2.75) is 20.3 Å². The molecule has 28 heavy (non-hydrogen) atoms. The van der Waals surface area contributed by atoms with Gasteiger partial charge in [-0.05, 0) is 31.0 Å². The second kappa shape index (κ2) is 9.89. The van der Waals surface area contributed by atoms with E-state index < -0.39 is 0 Å². The van der Waals surface area contributed by atoms with Crippen molar-refractivity contribution in [2.75, 3.05) is 54.9 Å². The minimum Gasteiger partial charge on any atom is -0.378 e. The Labute approximate surface area is 165 Å². The lowest BCUT2D eigenvalue weighted by Gasteiger charge is -2.28. The highest BCUT2D eigenvalue weighted by molar-refractivity contribution is 5.89. The summed E-state index contributed by atoms with van der Waals surface area (Å²) >= 11 is 0. The molecule has 0 saturated carbocycles. The average Bonchev–Trinajstić information content (AvgIpc) is 2.72. The fraction of sp³-hybridized carbons (Fsp3) is 0.450. The SMILES string of the molecule is CCc1ccc(NC(=O)NCCNc2nc(C)cc(N3CCOCC3)n2)cc1. The van der Waals surface area contributed by atoms with Gasteiger partial charge in [-0.1, -0.05) is 19.1 Å². The number of hydrogen-bond acceptors (Lipinski definition) is 6. The van der Waals surface area contributed by atoms with Gasteiger partial charge in [-0.2, -0.15) is 4.98 Å². The molecule has 1 aliphatic heterocycles. The van der Waals surface area contributed by atoms with Crippen LogP contribution in [-0.2, 0) is 11.2 Å². The number of carbonyl (C=O) groups excluding carboxylic acids is 1. The van der Waals surface area contributed by atoms with Crippen molar-refractivity contribution in [3.05, 3.63) is 41.6 Å². The lowest BCUT2D eigenvalue weighted by molar-refractivity contribution is 0.122. The maximum absolute atomic E-state index is 12.0. The first-order valence-corrected chi connectivity index (χ1v) is 9.70. The third-order valence-electron chi connectivity index (χ3n) is 4.49. The molecular formula is C20H28N6O2. The molecule has 1 aromatic heterocycles. The van der Waals surface area contributed by atoms with E-state index in [1.807, 2.05) is 37.3 Å². The minimum atomic E-state index is -0.231. The van der Waals surface area contributed by atoms with Crippen LogP contribution in [0.15, 0.2) is 30.3 Å². The summed E-state index contributed by atoms with van der Waals surface area (Å²) in [6, 6.07) is 9.59. The fourth-order valence-corrected chi connectivity index (χ4v) is 2.93. The first-order chi connectivity index (χ1) is 13.6. The van der Waals surface area contributed by atoms with E-state index in [0.29, 0.717) is 32.3 Å². The molecule has 0 spiro atoms. The van der Waals surface area contributed by atoms with Gasteiger partial charge in [0, 0.05) is 43.6 Å². The highest BCUT2D eigenvalue weighted by atomic mass is 16.5. The molecule has 3 rings (SSSR count). The Morgan fingerprint density at radius 2 is 1.89 bits per heavy atom. The normalized spacial score (nSPS) is 13.9. The van der Waals surface area contributed by atoms with Gasteiger partial charge in [0.1, 0.15) is 5.82 Å². The first-order valence-electron chi connectivity index (χ1n) is 9.70. The van der Waals surface area contributed by atoms with Gasteiger partial charge in [0.05, 0.1) is 13.2 Å². The van der Waals surface area contributed by atoms with Crippen LogP contribution in [0.3, 0.4) is 0 Å². The van der Waals surface area contributed by atoms with Gasteiger partial charge in [-0.15, -0.1) is 0 Å². The Kier molecular flexibility index (Phi) is 7.02. The van der Waals surface area contributed by atoms with Gasteiger partial charge in [-0.3, -0.25) is 0 Å². The van der Waals surface area contributed by atoms with Crippen LogP contribution in [0.4, 0.5) is 22.2 Å². The first kappa shape index (κ1) is 19.9. The third kappa shape index (κ3) is 5.82. The molecule has 8 heteroatoms. The molecular weight excluding hydrogens is 356 g/mol. The maximum atomic E-state index is 12.0. The van der Waals surface area contributed by atoms with Crippen LogP contribution in [0.25, 0.3) is 0 Å². The zero-order valence-electron chi connectivity index (χ0n) is 16.5. The Morgan fingerprint density at radius 1 is 1.14 bits per heavy atom. The third-order valence-corrected chi connectivity index (χ3v) is 4.49. The topological polar surface area (TPSA) is 91.4 Å². The van der Waals surface area contributed by atoms with Crippen molar-refractivity contribution in [2.24, 2.45) is 0 Å². The number of benzene rings is 1. The summed E-state index contributed by atoms with van der Waals surface area (Å²) in [7, 11) is 0. The van der Waals surface area contributed by atoms with E-state index in [1.54, 1.807) is 0 Å². The number of amides is 2. The number of urea groups is 1. The number of nitrogens with one attached hydrogen (secondary N) is 3. The van der Waals surface area contributed by atoms with Crippen molar-refractivity contribution in [1.29, 1.82) is 0 Å². The van der Waals surface area contributed by atoms with Crippen LogP contribution >= 0.6 is 0 Å². The average molecular weight is 384 g/mol. The Bertz CT molecular complexity index is 775. The molecule has 150 valence electrons. The summed E-state index contributed by atoms with van der Waals surface area (Å²) in [6.07, 6.45) is 0.979. The number of rotatable bonds is 7. The summed E-state index contributed by atoms with van der Waals surface area (Å²) in [5.74, 6) is 1.47. The molecule has 2 heterocycles. The molecule has 1 saturated heterocycles. The van der Waals surface area contributed by atoms with E-state index in [4.69, 9.17) is 4.74 Å². The lowest BCUT2D eigenvalue weighted by atomic mass is 10.1. The number of aryl methyl sites for hydroxylation is 2. The standard InChI is InChI=1S/C20H28N6O2/c1-3-16-4-6-17(7-5-16)24-20(27)22-9-8-21-19-23-15(2)14-18(25-19)26-10-12-28-13-11-26/h4-7,14H,3,8-13H2,1-2H3,(H,21,23,25)(H2,22,24,27). The van der Waals surface area contributed by atoms with Gasteiger partial charge in [-0.25, -0.2) is 9.78 Å². The predicted octanol–water partition coefficient (Wildman–Crippen LogP) is 2.42. The van der Waals surface area contributed by atoms with Crippen LogP contribution in [0, 0.1) is 6.92 Å². The summed E-state index contributed by atoms with van der Waals surface area (Å²) in [4.78, 5) is 23.2. The zero-order chi connectivity index (χ0) is 19.8. The molecule has 8 nitrogen and oxygen atoms in total. The quantitative estimate of drug-likeness (QED) is 0.635. The molecule has 2 amide bonds. The van der Waals surface area contributed by atoms with E-state index >= 15 is 0 Å². The van der Waals surface area contributed by atoms with Crippen LogP contribution in [-0.4, -0.2) is 55.4 Å². The van der Waals surface area contributed by atoms with E-state index in [2.05, 4.69) is 37.7 Å². The minimum absolute atomic E-state index is 0.231. The van der Waals surface area contributed by atoms with E-state index in [1.165, 1.54) is 5.56 Å². The summed E-state index contributed by atoms with van der Waals surface area (Å²) in [6.45, 7) is 8.14. The van der Waals surface area contributed by atoms with Gasteiger partial charge < -0.3 is 25.6 Å². The number of morpholine rings is 1. The number of anilines is 3.